The highest BCUT2D eigenvalue weighted by atomic mass is 32.2. The second kappa shape index (κ2) is 9.55. The lowest BCUT2D eigenvalue weighted by atomic mass is 10.1. The molecule has 1 aliphatic heterocycles. The van der Waals surface area contributed by atoms with E-state index in [9.17, 15) is 9.59 Å². The van der Waals surface area contributed by atoms with Gasteiger partial charge in [0.15, 0.2) is 21.6 Å². The number of ether oxygens (including phenoxy) is 2. The minimum absolute atomic E-state index is 0.0125. The predicted molar refractivity (Wildman–Crippen MR) is 120 cm³/mol. The van der Waals surface area contributed by atoms with Crippen molar-refractivity contribution in [2.75, 3.05) is 24.1 Å². The number of thioether (sulfide) groups is 2. The van der Waals surface area contributed by atoms with Gasteiger partial charge in [-0.1, -0.05) is 23.9 Å². The Balaban J connectivity index is 1.30. The van der Waals surface area contributed by atoms with Crippen molar-refractivity contribution in [1.82, 2.24) is 4.98 Å². The van der Waals surface area contributed by atoms with Crippen molar-refractivity contribution in [1.29, 1.82) is 0 Å². The number of nitrogens with zero attached hydrogens (tertiary/aromatic N) is 1. The average Bonchev–Trinajstić information content (AvgIpc) is 3.41. The van der Waals surface area contributed by atoms with E-state index in [1.807, 2.05) is 35.9 Å². The molecule has 0 radical (unpaired) electrons. The molecule has 0 bridgehead atoms. The van der Waals surface area contributed by atoms with Gasteiger partial charge in [-0.2, -0.15) is 0 Å². The first-order valence-electron chi connectivity index (χ1n) is 9.05. The molecule has 1 aromatic heterocycles. The minimum atomic E-state index is -0.116. The molecular formula is C21H18N2O4S3. The molecule has 0 unspecified atom stereocenters. The number of thiazole rings is 1. The number of carbonyl (C=O) groups is 2. The van der Waals surface area contributed by atoms with Crippen LogP contribution in [0.3, 0.4) is 0 Å². The molecule has 2 heterocycles. The normalized spacial score (nSPS) is 12.0. The molecule has 4 rings (SSSR count). The lowest BCUT2D eigenvalue weighted by molar-refractivity contribution is -0.115. The van der Waals surface area contributed by atoms with Gasteiger partial charge in [-0.3, -0.25) is 9.59 Å². The summed E-state index contributed by atoms with van der Waals surface area (Å²) in [6, 6.07) is 12.9. The van der Waals surface area contributed by atoms with Gasteiger partial charge in [-0.15, -0.1) is 23.1 Å². The van der Waals surface area contributed by atoms with Gasteiger partial charge in [-0.25, -0.2) is 4.98 Å². The number of anilines is 1. The Morgan fingerprint density at radius 1 is 1.17 bits per heavy atom. The molecule has 9 heteroatoms. The minimum Gasteiger partial charge on any atom is -0.454 e. The highest BCUT2D eigenvalue weighted by molar-refractivity contribution is 8.01. The van der Waals surface area contributed by atoms with Gasteiger partial charge in [0.2, 0.25) is 12.7 Å². The zero-order chi connectivity index (χ0) is 20.9. The fourth-order valence-electron chi connectivity index (χ4n) is 2.82. The van der Waals surface area contributed by atoms with Crippen molar-refractivity contribution >= 4 is 52.2 Å². The Bertz CT molecular complexity index is 1080. The van der Waals surface area contributed by atoms with E-state index in [0.717, 1.165) is 14.9 Å². The molecule has 30 heavy (non-hydrogen) atoms. The van der Waals surface area contributed by atoms with Crippen LogP contribution in [0.1, 0.15) is 16.1 Å². The van der Waals surface area contributed by atoms with E-state index in [0.29, 0.717) is 22.8 Å². The zero-order valence-electron chi connectivity index (χ0n) is 16.0. The van der Waals surface area contributed by atoms with Crippen molar-refractivity contribution in [2.45, 2.75) is 15.7 Å². The van der Waals surface area contributed by atoms with E-state index < -0.39 is 0 Å². The van der Waals surface area contributed by atoms with Gasteiger partial charge in [0, 0.05) is 15.8 Å². The predicted octanol–water partition coefficient (Wildman–Crippen LogP) is 4.75. The molecule has 3 aromatic rings. The first kappa shape index (κ1) is 20.8. The van der Waals surface area contributed by atoms with Gasteiger partial charge in [0.25, 0.3) is 0 Å². The summed E-state index contributed by atoms with van der Waals surface area (Å²) >= 11 is 4.38. The van der Waals surface area contributed by atoms with Crippen molar-refractivity contribution in [3.63, 3.8) is 0 Å². The third-order valence-electron chi connectivity index (χ3n) is 4.27. The monoisotopic (exact) mass is 458 g/mol. The molecule has 0 atom stereocenters. The van der Waals surface area contributed by atoms with Gasteiger partial charge in [-0.05, 0) is 36.6 Å². The van der Waals surface area contributed by atoms with E-state index >= 15 is 0 Å². The van der Waals surface area contributed by atoms with Crippen molar-refractivity contribution < 1.29 is 19.1 Å². The number of hydrogen-bond acceptors (Lipinski definition) is 8. The highest BCUT2D eigenvalue weighted by Crippen LogP contribution is 2.33. The summed E-state index contributed by atoms with van der Waals surface area (Å²) in [4.78, 5) is 30.3. The maximum Gasteiger partial charge on any atom is 0.231 e. The Kier molecular flexibility index (Phi) is 6.61. The molecule has 1 N–H and O–H groups in total. The number of ketones is 1. The van der Waals surface area contributed by atoms with Crippen molar-refractivity contribution in [3.05, 3.63) is 59.1 Å². The van der Waals surface area contributed by atoms with Crippen LogP contribution in [-0.2, 0) is 11.2 Å². The van der Waals surface area contributed by atoms with Crippen LogP contribution in [0.5, 0.6) is 11.5 Å². The quantitative estimate of drug-likeness (QED) is 0.385. The van der Waals surface area contributed by atoms with Crippen molar-refractivity contribution in [2.24, 2.45) is 0 Å². The number of fused-ring (bicyclic) bond motifs is 1. The maximum absolute atomic E-state index is 12.5. The zero-order valence-corrected chi connectivity index (χ0v) is 18.5. The maximum atomic E-state index is 12.5. The number of para-hydroxylation sites is 1. The van der Waals surface area contributed by atoms with Crippen LogP contribution in [0.25, 0.3) is 0 Å². The number of Topliss-reactive ketones (excluding diaryl/α,β-unsaturated/α-hetero) is 1. The fraction of sp³-hybridized carbons (Fsp3) is 0.190. The molecule has 2 aromatic carbocycles. The first-order valence-corrected chi connectivity index (χ1v) is 12.1. The molecule has 0 spiro atoms. The van der Waals surface area contributed by atoms with Gasteiger partial charge in [0.1, 0.15) is 0 Å². The third-order valence-corrected chi connectivity index (χ3v) is 7.14. The second-order valence-electron chi connectivity index (χ2n) is 6.31. The fourth-order valence-corrected chi connectivity index (χ4v) is 5.12. The van der Waals surface area contributed by atoms with Crippen LogP contribution in [-0.4, -0.2) is 35.5 Å². The summed E-state index contributed by atoms with van der Waals surface area (Å²) < 4.78 is 11.3. The SMILES string of the molecule is CSc1ccccc1NC(=O)Cc1csc(SCC(=O)c2ccc3c(c2)OCO3)n1. The Labute approximate surface area is 186 Å². The molecule has 0 saturated heterocycles. The van der Waals surface area contributed by atoms with E-state index in [1.54, 1.807) is 30.0 Å². The highest BCUT2D eigenvalue weighted by Gasteiger charge is 2.17. The lowest BCUT2D eigenvalue weighted by Crippen LogP contribution is -2.15. The van der Waals surface area contributed by atoms with E-state index in [4.69, 9.17) is 9.47 Å². The molecule has 154 valence electrons. The third kappa shape index (κ3) is 4.97. The first-order chi connectivity index (χ1) is 14.6. The molecule has 0 saturated carbocycles. The second-order valence-corrected chi connectivity index (χ2v) is 9.24. The summed E-state index contributed by atoms with van der Waals surface area (Å²) in [6.07, 6.45) is 2.16. The summed E-state index contributed by atoms with van der Waals surface area (Å²) in [5.41, 5.74) is 2.07. The number of rotatable bonds is 8. The number of aromatic nitrogens is 1. The molecular weight excluding hydrogens is 440 g/mol. The average molecular weight is 459 g/mol. The van der Waals surface area contributed by atoms with Crippen LogP contribution in [0.2, 0.25) is 0 Å². The molecule has 0 fully saturated rings. The smallest absolute Gasteiger partial charge is 0.231 e. The largest absolute Gasteiger partial charge is 0.454 e. The van der Waals surface area contributed by atoms with Crippen LogP contribution < -0.4 is 14.8 Å². The lowest BCUT2D eigenvalue weighted by Gasteiger charge is -2.08. The molecule has 0 aliphatic carbocycles. The van der Waals surface area contributed by atoms with Crippen molar-refractivity contribution in [3.8, 4) is 11.5 Å². The molecule has 1 amide bonds. The number of carbonyl (C=O) groups excluding carboxylic acids is 2. The van der Waals surface area contributed by atoms with E-state index in [1.165, 1.54) is 23.1 Å². The van der Waals surface area contributed by atoms with Crippen LogP contribution >= 0.6 is 34.9 Å². The number of hydrogen-bond donors (Lipinski definition) is 1. The van der Waals surface area contributed by atoms with E-state index in [-0.39, 0.29) is 30.7 Å². The van der Waals surface area contributed by atoms with Gasteiger partial charge < -0.3 is 14.8 Å². The Hall–Kier alpha value is -2.49. The van der Waals surface area contributed by atoms with Gasteiger partial charge in [0.05, 0.1) is 23.6 Å². The van der Waals surface area contributed by atoms with Crippen LogP contribution in [0.15, 0.2) is 57.1 Å². The topological polar surface area (TPSA) is 77.5 Å². The summed E-state index contributed by atoms with van der Waals surface area (Å²) in [5.74, 6) is 1.38. The molecule has 6 nitrogen and oxygen atoms in total. The summed E-state index contributed by atoms with van der Waals surface area (Å²) in [5, 5.41) is 4.79. The standard InChI is InChI=1S/C21H18N2O4S3/c1-28-19-5-3-2-4-15(19)23-20(25)9-14-10-29-21(22-14)30-11-16(24)13-6-7-17-18(8-13)27-12-26-17/h2-8,10H,9,11-12H2,1H3,(H,23,25). The van der Waals surface area contributed by atoms with E-state index in [2.05, 4.69) is 10.3 Å². The van der Waals surface area contributed by atoms with Crippen LogP contribution in [0, 0.1) is 0 Å². The van der Waals surface area contributed by atoms with Crippen LogP contribution in [0.4, 0.5) is 5.69 Å². The Morgan fingerprint density at radius 3 is 2.87 bits per heavy atom. The summed E-state index contributed by atoms with van der Waals surface area (Å²) in [7, 11) is 0. The number of benzene rings is 2. The van der Waals surface area contributed by atoms with Gasteiger partial charge >= 0.3 is 0 Å². The number of nitrogens with one attached hydrogen (secondary N) is 1. The molecule has 1 aliphatic rings. The number of amides is 1. The summed E-state index contributed by atoms with van der Waals surface area (Å²) in [6.45, 7) is 0.181. The Morgan fingerprint density at radius 2 is 2.00 bits per heavy atom.